The average molecular weight is 332 g/mol. The summed E-state index contributed by atoms with van der Waals surface area (Å²) in [7, 11) is 0. The molecular weight excluding hydrogens is 308 g/mol. The van der Waals surface area contributed by atoms with Crippen molar-refractivity contribution in [2.45, 2.75) is 46.3 Å². The molecule has 1 aromatic carbocycles. The molecule has 0 spiro atoms. The molecule has 0 saturated heterocycles. The van der Waals surface area contributed by atoms with E-state index in [4.69, 9.17) is 4.74 Å². The molecule has 0 fully saturated rings. The van der Waals surface area contributed by atoms with Crippen molar-refractivity contribution in [1.82, 2.24) is 0 Å². The maximum Gasteiger partial charge on any atom is 0.412 e. The van der Waals surface area contributed by atoms with Crippen LogP contribution in [0.15, 0.2) is 36.4 Å². The van der Waals surface area contributed by atoms with Crippen molar-refractivity contribution in [1.29, 1.82) is 0 Å². The van der Waals surface area contributed by atoms with Crippen LogP contribution in [0.5, 0.6) is 0 Å². The maximum absolute atomic E-state index is 11.7. The maximum atomic E-state index is 11.7. The number of carbonyl (C=O) groups is 1. The Morgan fingerprint density at radius 2 is 1.70 bits per heavy atom. The van der Waals surface area contributed by atoms with Crippen LogP contribution in [-0.2, 0) is 4.74 Å². The van der Waals surface area contributed by atoms with E-state index in [1.54, 1.807) is 11.3 Å². The highest BCUT2D eigenvalue weighted by atomic mass is 32.1. The summed E-state index contributed by atoms with van der Waals surface area (Å²) >= 11 is 1.80. The largest absolute Gasteiger partial charge is 0.444 e. The second kappa shape index (κ2) is 7.04. The first-order valence-corrected chi connectivity index (χ1v) is 8.47. The molecule has 1 heterocycles. The van der Waals surface area contributed by atoms with Gasteiger partial charge in [-0.25, -0.2) is 4.79 Å². The zero-order valence-corrected chi connectivity index (χ0v) is 15.1. The van der Waals surface area contributed by atoms with Crippen molar-refractivity contribution in [3.63, 3.8) is 0 Å². The number of rotatable bonds is 4. The highest BCUT2D eigenvalue weighted by molar-refractivity contribution is 7.12. The fourth-order valence-corrected chi connectivity index (χ4v) is 2.96. The van der Waals surface area contributed by atoms with E-state index in [0.717, 1.165) is 5.69 Å². The molecule has 0 aliphatic rings. The van der Waals surface area contributed by atoms with E-state index in [0.29, 0.717) is 5.69 Å². The molecule has 1 amide bonds. The number of nitrogens with one attached hydrogen (secondary N) is 2. The molecule has 0 aliphatic carbocycles. The number of thiophene rings is 1. The van der Waals surface area contributed by atoms with Crippen molar-refractivity contribution in [2.24, 2.45) is 0 Å². The number of benzene rings is 1. The van der Waals surface area contributed by atoms with Crippen LogP contribution in [0.1, 0.15) is 43.5 Å². The van der Waals surface area contributed by atoms with E-state index in [1.165, 1.54) is 9.75 Å². The van der Waals surface area contributed by atoms with Crippen LogP contribution in [0.3, 0.4) is 0 Å². The van der Waals surface area contributed by atoms with Gasteiger partial charge in [0, 0.05) is 21.1 Å². The van der Waals surface area contributed by atoms with Gasteiger partial charge in [0.05, 0.1) is 6.04 Å². The van der Waals surface area contributed by atoms with Gasteiger partial charge in [0.2, 0.25) is 0 Å². The third-order valence-electron chi connectivity index (χ3n) is 3.10. The van der Waals surface area contributed by atoms with Crippen LogP contribution in [0.2, 0.25) is 0 Å². The van der Waals surface area contributed by atoms with Gasteiger partial charge in [0.1, 0.15) is 5.60 Å². The standard InChI is InChI=1S/C18H24N2O2S/c1-12-6-11-16(23-12)13(2)19-14-7-9-15(10-8-14)20-17(21)22-18(3,4)5/h6-11,13,19H,1-5H3,(H,20,21). The van der Waals surface area contributed by atoms with Gasteiger partial charge in [-0.05, 0) is 71.0 Å². The molecule has 2 N–H and O–H groups in total. The van der Waals surface area contributed by atoms with Gasteiger partial charge < -0.3 is 10.1 Å². The van der Waals surface area contributed by atoms with Gasteiger partial charge in [-0.15, -0.1) is 11.3 Å². The minimum Gasteiger partial charge on any atom is -0.444 e. The first-order valence-electron chi connectivity index (χ1n) is 7.66. The molecular formula is C18H24N2O2S. The third-order valence-corrected chi connectivity index (χ3v) is 4.28. The van der Waals surface area contributed by atoms with E-state index in [1.807, 2.05) is 45.0 Å². The van der Waals surface area contributed by atoms with Crippen molar-refractivity contribution in [2.75, 3.05) is 10.6 Å². The summed E-state index contributed by atoms with van der Waals surface area (Å²) in [5.74, 6) is 0. The SMILES string of the molecule is Cc1ccc(C(C)Nc2ccc(NC(=O)OC(C)(C)C)cc2)s1. The van der Waals surface area contributed by atoms with Crippen LogP contribution in [0, 0.1) is 6.92 Å². The van der Waals surface area contributed by atoms with Crippen molar-refractivity contribution >= 4 is 28.8 Å². The van der Waals surface area contributed by atoms with E-state index in [9.17, 15) is 4.79 Å². The molecule has 4 nitrogen and oxygen atoms in total. The lowest BCUT2D eigenvalue weighted by atomic mass is 10.2. The fourth-order valence-electron chi connectivity index (χ4n) is 2.08. The summed E-state index contributed by atoms with van der Waals surface area (Å²) in [6.45, 7) is 9.77. The Labute approximate surface area is 141 Å². The Morgan fingerprint density at radius 3 is 2.22 bits per heavy atom. The van der Waals surface area contributed by atoms with Crippen molar-refractivity contribution in [3.8, 4) is 0 Å². The number of aryl methyl sites for hydroxylation is 1. The summed E-state index contributed by atoms with van der Waals surface area (Å²) in [6.07, 6.45) is -0.444. The van der Waals surface area contributed by atoms with E-state index in [2.05, 4.69) is 36.6 Å². The third kappa shape index (κ3) is 5.60. The second-order valence-electron chi connectivity index (χ2n) is 6.52. The normalized spacial score (nSPS) is 12.6. The van der Waals surface area contributed by atoms with E-state index >= 15 is 0 Å². The monoisotopic (exact) mass is 332 g/mol. The molecule has 0 aliphatic heterocycles. The van der Waals surface area contributed by atoms with Crippen molar-refractivity contribution < 1.29 is 9.53 Å². The highest BCUT2D eigenvalue weighted by Crippen LogP contribution is 2.26. The molecule has 124 valence electrons. The number of carbonyl (C=O) groups excluding carboxylic acids is 1. The topological polar surface area (TPSA) is 50.4 Å². The number of amides is 1. The molecule has 1 atom stereocenters. The molecule has 0 radical (unpaired) electrons. The zero-order chi connectivity index (χ0) is 17.0. The lowest BCUT2D eigenvalue weighted by molar-refractivity contribution is 0.0636. The molecule has 23 heavy (non-hydrogen) atoms. The van der Waals surface area contributed by atoms with Gasteiger partial charge in [0.15, 0.2) is 0 Å². The molecule has 2 rings (SSSR count). The first-order chi connectivity index (χ1) is 10.7. The number of hydrogen-bond acceptors (Lipinski definition) is 4. The molecule has 5 heteroatoms. The van der Waals surface area contributed by atoms with E-state index < -0.39 is 11.7 Å². The Kier molecular flexibility index (Phi) is 5.31. The van der Waals surface area contributed by atoms with Crippen LogP contribution in [-0.4, -0.2) is 11.7 Å². The van der Waals surface area contributed by atoms with E-state index in [-0.39, 0.29) is 6.04 Å². The predicted octanol–water partition coefficient (Wildman–Crippen LogP) is 5.58. The molecule has 1 aromatic heterocycles. The minimum absolute atomic E-state index is 0.248. The van der Waals surface area contributed by atoms with Crippen LogP contribution < -0.4 is 10.6 Å². The van der Waals surface area contributed by atoms with Crippen LogP contribution in [0.4, 0.5) is 16.2 Å². The minimum atomic E-state index is -0.500. The summed E-state index contributed by atoms with van der Waals surface area (Å²) in [5.41, 5.74) is 1.22. The Balaban J connectivity index is 1.93. The zero-order valence-electron chi connectivity index (χ0n) is 14.3. The molecule has 2 aromatic rings. The lowest BCUT2D eigenvalue weighted by Crippen LogP contribution is -2.27. The molecule has 1 unspecified atom stereocenters. The average Bonchev–Trinajstić information content (AvgIpc) is 2.85. The van der Waals surface area contributed by atoms with Gasteiger partial charge in [0.25, 0.3) is 0 Å². The summed E-state index contributed by atoms with van der Waals surface area (Å²) in [6, 6.07) is 12.1. The van der Waals surface area contributed by atoms with Gasteiger partial charge in [-0.1, -0.05) is 0 Å². The van der Waals surface area contributed by atoms with Crippen LogP contribution in [0.25, 0.3) is 0 Å². The smallest absolute Gasteiger partial charge is 0.412 e. The van der Waals surface area contributed by atoms with Gasteiger partial charge in [-0.2, -0.15) is 0 Å². The molecule has 0 bridgehead atoms. The summed E-state index contributed by atoms with van der Waals surface area (Å²) in [5, 5.41) is 6.18. The fraction of sp³-hybridized carbons (Fsp3) is 0.389. The number of ether oxygens (including phenoxy) is 1. The quantitative estimate of drug-likeness (QED) is 0.769. The van der Waals surface area contributed by atoms with Crippen molar-refractivity contribution in [3.05, 3.63) is 46.2 Å². The van der Waals surface area contributed by atoms with Gasteiger partial charge >= 0.3 is 6.09 Å². The summed E-state index contributed by atoms with van der Waals surface area (Å²) in [4.78, 5) is 14.3. The second-order valence-corrected chi connectivity index (χ2v) is 7.84. The predicted molar refractivity (Wildman–Crippen MR) is 97.4 cm³/mol. The summed E-state index contributed by atoms with van der Waals surface area (Å²) < 4.78 is 5.23. The number of anilines is 2. The number of hydrogen-bond donors (Lipinski definition) is 2. The first kappa shape index (κ1) is 17.3. The van der Waals surface area contributed by atoms with Gasteiger partial charge in [-0.3, -0.25) is 5.32 Å². The Hall–Kier alpha value is -2.01. The Bertz CT molecular complexity index is 656. The molecule has 0 saturated carbocycles. The highest BCUT2D eigenvalue weighted by Gasteiger charge is 2.16. The lowest BCUT2D eigenvalue weighted by Gasteiger charge is -2.20. The van der Waals surface area contributed by atoms with Crippen LogP contribution >= 0.6 is 11.3 Å². The Morgan fingerprint density at radius 1 is 1.09 bits per heavy atom.